The van der Waals surface area contributed by atoms with Crippen molar-refractivity contribution in [3.8, 4) is 5.75 Å². The van der Waals surface area contributed by atoms with Crippen LogP contribution in [0.5, 0.6) is 5.75 Å². The normalized spacial score (nSPS) is 16.1. The summed E-state index contributed by atoms with van der Waals surface area (Å²) < 4.78 is 25.4. The first-order chi connectivity index (χ1) is 14.9. The van der Waals surface area contributed by atoms with Crippen LogP contribution in [0.2, 0.25) is 5.02 Å². The van der Waals surface area contributed by atoms with E-state index in [4.69, 9.17) is 21.1 Å². The van der Waals surface area contributed by atoms with Crippen molar-refractivity contribution >= 4 is 45.8 Å². The van der Waals surface area contributed by atoms with Gasteiger partial charge in [0.25, 0.3) is 0 Å². The summed E-state index contributed by atoms with van der Waals surface area (Å²) in [5, 5.41) is 3.55. The summed E-state index contributed by atoms with van der Waals surface area (Å²) in [7, 11) is 5.35. The number of ether oxygens (including phenoxy) is 2. The topological polar surface area (TPSA) is 79.8 Å². The van der Waals surface area contributed by atoms with Gasteiger partial charge in [0, 0.05) is 18.0 Å². The van der Waals surface area contributed by atoms with Gasteiger partial charge in [0.15, 0.2) is 5.82 Å². The van der Waals surface area contributed by atoms with E-state index >= 15 is 0 Å². The van der Waals surface area contributed by atoms with Crippen LogP contribution >= 0.6 is 11.6 Å². The van der Waals surface area contributed by atoms with Gasteiger partial charge in [0.2, 0.25) is 0 Å². The third-order valence-corrected chi connectivity index (χ3v) is 5.17. The molecule has 3 aromatic rings. The number of aromatic nitrogens is 2. The third kappa shape index (κ3) is 4.19. The molecule has 0 radical (unpaired) electrons. The predicted molar refractivity (Wildman–Crippen MR) is 117 cm³/mol. The number of cyclic esters (lactones) is 1. The van der Waals surface area contributed by atoms with Crippen molar-refractivity contribution in [3.63, 3.8) is 0 Å². The number of likely N-dealkylation sites (N-methyl/N-ethyl adjacent to an activating group) is 1. The molecule has 1 amide bonds. The molecule has 4 rings (SSSR count). The summed E-state index contributed by atoms with van der Waals surface area (Å²) >= 11 is 5.89. The molecule has 1 saturated heterocycles. The number of halogens is 2. The van der Waals surface area contributed by atoms with E-state index < -0.39 is 11.9 Å². The quantitative estimate of drug-likeness (QED) is 0.612. The second-order valence-electron chi connectivity index (χ2n) is 7.37. The Morgan fingerprint density at radius 1 is 1.35 bits per heavy atom. The number of nitrogens with zero attached hydrogens (tertiary/aromatic N) is 4. The Kier molecular flexibility index (Phi) is 5.79. The van der Waals surface area contributed by atoms with Gasteiger partial charge in [-0.3, -0.25) is 4.90 Å². The highest BCUT2D eigenvalue weighted by Crippen LogP contribution is 2.37. The summed E-state index contributed by atoms with van der Waals surface area (Å²) in [6.45, 7) is 0.973. The number of hydrogen-bond acceptors (Lipinski definition) is 7. The van der Waals surface area contributed by atoms with E-state index in [9.17, 15) is 9.18 Å². The van der Waals surface area contributed by atoms with Crippen molar-refractivity contribution in [2.45, 2.75) is 6.10 Å². The zero-order chi connectivity index (χ0) is 22.1. The molecule has 0 aliphatic carbocycles. The van der Waals surface area contributed by atoms with Crippen LogP contribution in [0.4, 0.5) is 26.4 Å². The molecular weight excluding hydrogens is 425 g/mol. The average molecular weight is 446 g/mol. The monoisotopic (exact) mass is 445 g/mol. The van der Waals surface area contributed by atoms with Crippen molar-refractivity contribution in [2.24, 2.45) is 0 Å². The highest BCUT2D eigenvalue weighted by Gasteiger charge is 2.34. The molecule has 31 heavy (non-hydrogen) atoms. The lowest BCUT2D eigenvalue weighted by Crippen LogP contribution is -2.30. The summed E-state index contributed by atoms with van der Waals surface area (Å²) in [6.07, 6.45) is 0.633. The zero-order valence-corrected chi connectivity index (χ0v) is 18.0. The maximum Gasteiger partial charge on any atom is 0.414 e. The second-order valence-corrected chi connectivity index (χ2v) is 7.78. The van der Waals surface area contributed by atoms with Crippen LogP contribution in [0.25, 0.3) is 10.9 Å². The Bertz CT molecular complexity index is 1140. The zero-order valence-electron chi connectivity index (χ0n) is 17.2. The summed E-state index contributed by atoms with van der Waals surface area (Å²) in [6, 6.07) is 8.10. The summed E-state index contributed by atoms with van der Waals surface area (Å²) in [4.78, 5) is 24.6. The molecule has 2 heterocycles. The molecule has 162 valence electrons. The molecule has 2 aromatic carbocycles. The number of carbonyl (C=O) groups is 1. The van der Waals surface area contributed by atoms with E-state index in [2.05, 4.69) is 15.3 Å². The van der Waals surface area contributed by atoms with Gasteiger partial charge in [-0.1, -0.05) is 17.7 Å². The molecule has 1 aliphatic heterocycles. The molecule has 10 heteroatoms. The van der Waals surface area contributed by atoms with E-state index in [1.54, 1.807) is 24.3 Å². The van der Waals surface area contributed by atoms with Gasteiger partial charge in [0.05, 0.1) is 35.6 Å². The van der Waals surface area contributed by atoms with Crippen molar-refractivity contribution in [2.75, 3.05) is 44.5 Å². The minimum absolute atomic E-state index is 0.00235. The Labute approximate surface area is 183 Å². The van der Waals surface area contributed by atoms with Crippen molar-refractivity contribution in [1.29, 1.82) is 0 Å². The molecule has 0 bridgehead atoms. The SMILES string of the molecule is COc1cc2ncnc(Nc3cccc(Cl)c3F)c2cc1N1CC(CN(C)C)OC1=O. The number of hydrogen-bond donors (Lipinski definition) is 1. The van der Waals surface area contributed by atoms with Gasteiger partial charge in [-0.15, -0.1) is 0 Å². The maximum absolute atomic E-state index is 14.4. The molecule has 1 aromatic heterocycles. The highest BCUT2D eigenvalue weighted by atomic mass is 35.5. The van der Waals surface area contributed by atoms with Crippen molar-refractivity contribution in [3.05, 3.63) is 47.5 Å². The van der Waals surface area contributed by atoms with E-state index in [1.165, 1.54) is 24.4 Å². The van der Waals surface area contributed by atoms with Crippen LogP contribution in [-0.2, 0) is 4.74 Å². The Hall–Kier alpha value is -3.17. The number of nitrogens with one attached hydrogen (secondary N) is 1. The smallest absolute Gasteiger partial charge is 0.414 e. The number of anilines is 3. The molecule has 1 aliphatic rings. The van der Waals surface area contributed by atoms with Crippen molar-refractivity contribution < 1.29 is 18.7 Å². The minimum Gasteiger partial charge on any atom is -0.494 e. The molecule has 0 saturated carbocycles. The standard InChI is InChI=1S/C21H21ClFN5O3/c1-27(2)9-12-10-28(21(29)31-12)17-7-13-16(8-18(17)30-3)24-11-25-20(13)26-15-6-4-5-14(22)19(15)23/h4-8,11-12H,9-10H2,1-3H3,(H,24,25,26). The summed E-state index contributed by atoms with van der Waals surface area (Å²) in [5.74, 6) is 0.250. The number of benzene rings is 2. The van der Waals surface area contributed by atoms with Crippen LogP contribution in [0.1, 0.15) is 0 Å². The molecule has 1 unspecified atom stereocenters. The van der Waals surface area contributed by atoms with Gasteiger partial charge < -0.3 is 19.7 Å². The lowest BCUT2D eigenvalue weighted by molar-refractivity contribution is 0.123. The largest absolute Gasteiger partial charge is 0.494 e. The van der Waals surface area contributed by atoms with Crippen LogP contribution in [0, 0.1) is 5.82 Å². The van der Waals surface area contributed by atoms with Crippen LogP contribution in [-0.4, -0.2) is 61.4 Å². The fraction of sp³-hybridized carbons (Fsp3) is 0.286. The number of methoxy groups -OCH3 is 1. The van der Waals surface area contributed by atoms with E-state index in [0.29, 0.717) is 41.2 Å². The first kappa shape index (κ1) is 21.1. The lowest BCUT2D eigenvalue weighted by Gasteiger charge is -2.19. The van der Waals surface area contributed by atoms with Gasteiger partial charge >= 0.3 is 6.09 Å². The molecule has 8 nitrogen and oxygen atoms in total. The molecule has 1 fully saturated rings. The molecular formula is C21H21ClFN5O3. The second kappa shape index (κ2) is 8.52. The Balaban J connectivity index is 1.76. The van der Waals surface area contributed by atoms with Crippen LogP contribution < -0.4 is 15.0 Å². The third-order valence-electron chi connectivity index (χ3n) is 4.87. The first-order valence-electron chi connectivity index (χ1n) is 9.54. The Morgan fingerprint density at radius 2 is 2.16 bits per heavy atom. The fourth-order valence-corrected chi connectivity index (χ4v) is 3.67. The lowest BCUT2D eigenvalue weighted by atomic mass is 10.1. The van der Waals surface area contributed by atoms with Gasteiger partial charge in [0.1, 0.15) is 24.0 Å². The summed E-state index contributed by atoms with van der Waals surface area (Å²) in [5.41, 5.74) is 1.26. The van der Waals surface area contributed by atoms with Gasteiger partial charge in [-0.05, 0) is 32.3 Å². The van der Waals surface area contributed by atoms with Crippen LogP contribution in [0.3, 0.4) is 0 Å². The molecule has 1 atom stereocenters. The number of amides is 1. The minimum atomic E-state index is -0.584. The van der Waals surface area contributed by atoms with E-state index in [0.717, 1.165) is 0 Å². The average Bonchev–Trinajstić information content (AvgIpc) is 3.09. The van der Waals surface area contributed by atoms with E-state index in [-0.39, 0.29) is 16.8 Å². The molecule has 0 spiro atoms. The van der Waals surface area contributed by atoms with Gasteiger partial charge in [-0.2, -0.15) is 0 Å². The Morgan fingerprint density at radius 3 is 2.90 bits per heavy atom. The highest BCUT2D eigenvalue weighted by molar-refractivity contribution is 6.31. The fourth-order valence-electron chi connectivity index (χ4n) is 3.50. The number of fused-ring (bicyclic) bond motifs is 1. The number of carbonyl (C=O) groups excluding carboxylic acids is 1. The predicted octanol–water partition coefficient (Wildman–Crippen LogP) is 4.06. The van der Waals surface area contributed by atoms with Gasteiger partial charge in [-0.25, -0.2) is 19.2 Å². The van der Waals surface area contributed by atoms with E-state index in [1.807, 2.05) is 19.0 Å². The molecule has 1 N–H and O–H groups in total. The number of rotatable bonds is 6. The van der Waals surface area contributed by atoms with Crippen LogP contribution in [0.15, 0.2) is 36.7 Å². The first-order valence-corrected chi connectivity index (χ1v) is 9.92. The maximum atomic E-state index is 14.4. The van der Waals surface area contributed by atoms with Crippen molar-refractivity contribution in [1.82, 2.24) is 14.9 Å².